The van der Waals surface area contributed by atoms with Gasteiger partial charge in [-0.25, -0.2) is 0 Å². The number of nitrogens with zero attached hydrogens (tertiary/aromatic N) is 1. The Bertz CT molecular complexity index is 1190. The molecule has 2 N–H and O–H groups in total. The highest BCUT2D eigenvalue weighted by Crippen LogP contribution is 2.46. The van der Waals surface area contributed by atoms with Gasteiger partial charge in [-0.05, 0) is 38.3 Å². The molecule has 1 aliphatic rings. The number of hydrogen-bond donors (Lipinski definition) is 2. The van der Waals surface area contributed by atoms with Crippen LogP contribution in [0.5, 0.6) is 0 Å². The van der Waals surface area contributed by atoms with E-state index in [0.717, 1.165) is 17.3 Å². The molecule has 0 fully saturated rings. The molecule has 9 heteroatoms. The Morgan fingerprint density at radius 2 is 1.62 bits per heavy atom. The average molecular weight is 398 g/mol. The van der Waals surface area contributed by atoms with Gasteiger partial charge in [-0.1, -0.05) is 6.07 Å². The fourth-order valence-corrected chi connectivity index (χ4v) is 4.92. The van der Waals surface area contributed by atoms with Crippen LogP contribution in [-0.4, -0.2) is 42.8 Å². The van der Waals surface area contributed by atoms with E-state index in [0.29, 0.717) is 17.6 Å². The van der Waals surface area contributed by atoms with Gasteiger partial charge in [-0.3, -0.25) is 9.11 Å². The molecule has 0 bridgehead atoms. The van der Waals surface area contributed by atoms with E-state index in [9.17, 15) is 25.9 Å². The van der Waals surface area contributed by atoms with Crippen LogP contribution in [0.1, 0.15) is 33.3 Å². The quantitative estimate of drug-likeness (QED) is 0.607. The summed E-state index contributed by atoms with van der Waals surface area (Å²) in [4.78, 5) is -0.820. The van der Waals surface area contributed by atoms with Crippen LogP contribution in [0.3, 0.4) is 0 Å². The van der Waals surface area contributed by atoms with Gasteiger partial charge in [-0.15, -0.1) is 0 Å². The molecule has 1 heterocycles. The van der Waals surface area contributed by atoms with Crippen molar-refractivity contribution in [2.45, 2.75) is 42.9 Å². The normalized spacial score (nSPS) is 17.0. The molecule has 0 amide bonds. The summed E-state index contributed by atoms with van der Waals surface area (Å²) >= 11 is 0. The van der Waals surface area contributed by atoms with E-state index in [1.165, 1.54) is 18.2 Å². The van der Waals surface area contributed by atoms with Crippen molar-refractivity contribution in [2.24, 2.45) is 0 Å². The minimum atomic E-state index is -4.61. The van der Waals surface area contributed by atoms with Gasteiger partial charge in [0.2, 0.25) is 5.69 Å². The van der Waals surface area contributed by atoms with E-state index in [4.69, 9.17) is 0 Å². The van der Waals surface area contributed by atoms with Crippen LogP contribution in [0.4, 0.5) is 5.69 Å². The number of fused-ring (bicyclic) bond motifs is 3. The predicted molar refractivity (Wildman–Crippen MR) is 97.7 cm³/mol. The molecule has 0 aromatic heterocycles. The van der Waals surface area contributed by atoms with Crippen molar-refractivity contribution in [3.63, 3.8) is 0 Å². The van der Waals surface area contributed by atoms with Crippen molar-refractivity contribution >= 4 is 42.4 Å². The highest BCUT2D eigenvalue weighted by molar-refractivity contribution is 7.86. The van der Waals surface area contributed by atoms with E-state index in [-0.39, 0.29) is 10.3 Å². The second-order valence-electron chi connectivity index (χ2n) is 6.88. The van der Waals surface area contributed by atoms with Gasteiger partial charge in [0.15, 0.2) is 5.71 Å². The standard InChI is InChI=1S/C17H19NO6S2/c1-5-18-10(2)17(3,4)16-12-7-6-11(25(19,20)21)8-13(12)15(9-14(16)18)26(22,23)24/h6-9H,5H2,1-4H3,(H-,19,20,21,22,23,24)/p+1. The van der Waals surface area contributed by atoms with Crippen molar-refractivity contribution in [1.82, 2.24) is 0 Å². The van der Waals surface area contributed by atoms with Crippen LogP contribution in [0, 0.1) is 0 Å². The molecule has 0 unspecified atom stereocenters. The van der Waals surface area contributed by atoms with Gasteiger partial charge in [0.05, 0.1) is 10.3 Å². The van der Waals surface area contributed by atoms with E-state index < -0.39 is 30.5 Å². The first-order chi connectivity index (χ1) is 11.8. The summed E-state index contributed by atoms with van der Waals surface area (Å²) < 4.78 is 67.9. The SMILES string of the molecule is CC[N+]1=C(C)C(C)(C)c2c1cc(S(=O)(=O)O)c1cc(S(=O)(=O)O)ccc21. The van der Waals surface area contributed by atoms with Gasteiger partial charge < -0.3 is 0 Å². The Morgan fingerprint density at radius 3 is 2.12 bits per heavy atom. The average Bonchev–Trinajstić information content (AvgIpc) is 2.70. The Balaban J connectivity index is 2.57. The molecule has 7 nitrogen and oxygen atoms in total. The number of hydrogen-bond acceptors (Lipinski definition) is 4. The Morgan fingerprint density at radius 1 is 1.00 bits per heavy atom. The number of benzene rings is 2. The minimum absolute atomic E-state index is 0.0557. The van der Waals surface area contributed by atoms with Crippen molar-refractivity contribution < 1.29 is 30.5 Å². The van der Waals surface area contributed by atoms with Crippen molar-refractivity contribution in [2.75, 3.05) is 6.54 Å². The van der Waals surface area contributed by atoms with Crippen LogP contribution < -0.4 is 0 Å². The van der Waals surface area contributed by atoms with Crippen LogP contribution in [0.2, 0.25) is 0 Å². The van der Waals surface area contributed by atoms with Crippen molar-refractivity contribution in [3.05, 3.63) is 29.8 Å². The molecule has 3 rings (SSSR count). The lowest BCUT2D eigenvalue weighted by Gasteiger charge is -2.18. The summed E-state index contributed by atoms with van der Waals surface area (Å²) in [5.74, 6) is 0. The zero-order chi connectivity index (χ0) is 19.7. The molecular formula is C17H20NO6S2+. The van der Waals surface area contributed by atoms with Gasteiger partial charge in [0.25, 0.3) is 20.2 Å². The third kappa shape index (κ3) is 2.66. The van der Waals surface area contributed by atoms with Gasteiger partial charge >= 0.3 is 0 Å². The smallest absolute Gasteiger partial charge is 0.282 e. The highest BCUT2D eigenvalue weighted by atomic mass is 32.2. The predicted octanol–water partition coefficient (Wildman–Crippen LogP) is 2.75. The van der Waals surface area contributed by atoms with E-state index in [2.05, 4.69) is 0 Å². The summed E-state index contributed by atoms with van der Waals surface area (Å²) in [7, 11) is -9.13. The molecule has 2 aromatic carbocycles. The summed E-state index contributed by atoms with van der Waals surface area (Å²) in [6.45, 7) is 8.50. The summed E-state index contributed by atoms with van der Waals surface area (Å²) in [6.07, 6.45) is 0. The molecule has 26 heavy (non-hydrogen) atoms. The van der Waals surface area contributed by atoms with E-state index in [1.807, 2.05) is 32.3 Å². The monoisotopic (exact) mass is 398 g/mol. The molecule has 0 spiro atoms. The first-order valence-electron chi connectivity index (χ1n) is 7.98. The molecule has 0 atom stereocenters. The summed E-state index contributed by atoms with van der Waals surface area (Å²) in [5.41, 5.74) is 2.11. The lowest BCUT2D eigenvalue weighted by molar-refractivity contribution is -0.434. The van der Waals surface area contributed by atoms with E-state index in [1.54, 1.807) is 0 Å². The third-order valence-corrected chi connectivity index (χ3v) is 6.91. The van der Waals surface area contributed by atoms with Crippen molar-refractivity contribution in [1.29, 1.82) is 0 Å². The van der Waals surface area contributed by atoms with Gasteiger partial charge in [0.1, 0.15) is 11.4 Å². The van der Waals surface area contributed by atoms with Crippen molar-refractivity contribution in [3.8, 4) is 0 Å². The minimum Gasteiger partial charge on any atom is -0.282 e. The topological polar surface area (TPSA) is 112 Å². The maximum absolute atomic E-state index is 12.0. The summed E-state index contributed by atoms with van der Waals surface area (Å²) in [5, 5.41) is 0.572. The van der Waals surface area contributed by atoms with Crippen LogP contribution in [0.15, 0.2) is 34.1 Å². The second-order valence-corrected chi connectivity index (χ2v) is 9.69. The van der Waals surface area contributed by atoms with Gasteiger partial charge in [0, 0.05) is 23.9 Å². The molecule has 1 aliphatic heterocycles. The maximum Gasteiger partial charge on any atom is 0.295 e. The maximum atomic E-state index is 12.0. The largest absolute Gasteiger partial charge is 0.295 e. The first kappa shape index (κ1) is 19.0. The molecule has 140 valence electrons. The van der Waals surface area contributed by atoms with Crippen LogP contribution in [-0.2, 0) is 25.7 Å². The van der Waals surface area contributed by atoms with Gasteiger partial charge in [-0.2, -0.15) is 21.4 Å². The lowest BCUT2D eigenvalue weighted by Crippen LogP contribution is -2.26. The Hall–Kier alpha value is -1.81. The Labute approximate surface area is 152 Å². The summed E-state index contributed by atoms with van der Waals surface area (Å²) in [6, 6.07) is 5.14. The molecule has 0 saturated heterocycles. The number of rotatable bonds is 3. The zero-order valence-electron chi connectivity index (χ0n) is 14.8. The van der Waals surface area contributed by atoms with Crippen LogP contribution in [0.25, 0.3) is 10.8 Å². The third-order valence-electron chi connectivity index (χ3n) is 5.17. The molecular weight excluding hydrogens is 378 g/mol. The fourth-order valence-electron chi connectivity index (χ4n) is 3.71. The molecule has 0 radical (unpaired) electrons. The lowest BCUT2D eigenvalue weighted by atomic mass is 9.80. The second kappa shape index (κ2) is 5.59. The molecule has 0 aliphatic carbocycles. The first-order valence-corrected chi connectivity index (χ1v) is 10.9. The van der Waals surface area contributed by atoms with Crippen LogP contribution >= 0.6 is 0 Å². The fraction of sp³-hybridized carbons (Fsp3) is 0.353. The zero-order valence-corrected chi connectivity index (χ0v) is 16.4. The van der Waals surface area contributed by atoms with E-state index >= 15 is 0 Å². The molecule has 2 aromatic rings. The highest BCUT2D eigenvalue weighted by Gasteiger charge is 2.45. The molecule has 0 saturated carbocycles. The Kier molecular flexibility index (Phi) is 4.08.